The minimum atomic E-state index is -0.240. The second kappa shape index (κ2) is 7.76. The van der Waals surface area contributed by atoms with Crippen LogP contribution < -0.4 is 10.9 Å². The zero-order valence-corrected chi connectivity index (χ0v) is 14.6. The standard InChI is InChI=1S/C18H24N4O3/c1-12-10-22(11-13(2)25-12)8-7-19-17(23)9-16-14-5-3-4-6-15(14)18(24)21-20-16/h3-6,12-13H,7-11H2,1-2H3,(H,19,23)(H,21,24)/t12-,13+. The van der Waals surface area contributed by atoms with E-state index in [-0.39, 0.29) is 30.1 Å². The summed E-state index contributed by atoms with van der Waals surface area (Å²) in [5, 5.41) is 10.7. The van der Waals surface area contributed by atoms with Crippen LogP contribution in [0.2, 0.25) is 0 Å². The molecule has 0 radical (unpaired) electrons. The summed E-state index contributed by atoms with van der Waals surface area (Å²) in [6, 6.07) is 7.19. The summed E-state index contributed by atoms with van der Waals surface area (Å²) in [6.45, 7) is 7.27. The number of carbonyl (C=O) groups excluding carboxylic acids is 1. The monoisotopic (exact) mass is 344 g/mol. The van der Waals surface area contributed by atoms with Crippen LogP contribution in [0.25, 0.3) is 10.8 Å². The highest BCUT2D eigenvalue weighted by atomic mass is 16.5. The van der Waals surface area contributed by atoms with Crippen molar-refractivity contribution in [3.05, 3.63) is 40.3 Å². The minimum absolute atomic E-state index is 0.0981. The fourth-order valence-corrected chi connectivity index (χ4v) is 3.34. The summed E-state index contributed by atoms with van der Waals surface area (Å²) in [5.41, 5.74) is 0.344. The van der Waals surface area contributed by atoms with Gasteiger partial charge in [0, 0.05) is 31.6 Å². The fraction of sp³-hybridized carbons (Fsp3) is 0.500. The number of morpholine rings is 1. The van der Waals surface area contributed by atoms with E-state index in [1.54, 1.807) is 12.1 Å². The van der Waals surface area contributed by atoms with Crippen LogP contribution >= 0.6 is 0 Å². The van der Waals surface area contributed by atoms with E-state index in [0.29, 0.717) is 17.6 Å². The van der Waals surface area contributed by atoms with Crippen LogP contribution in [0, 0.1) is 0 Å². The molecular formula is C18H24N4O3. The highest BCUT2D eigenvalue weighted by molar-refractivity contribution is 5.88. The third-order valence-electron chi connectivity index (χ3n) is 4.35. The van der Waals surface area contributed by atoms with Gasteiger partial charge in [-0.1, -0.05) is 18.2 Å². The van der Waals surface area contributed by atoms with Gasteiger partial charge in [-0.25, -0.2) is 5.10 Å². The molecular weight excluding hydrogens is 320 g/mol. The van der Waals surface area contributed by atoms with Gasteiger partial charge in [0.25, 0.3) is 5.56 Å². The number of hydrogen-bond acceptors (Lipinski definition) is 5. The van der Waals surface area contributed by atoms with E-state index in [1.807, 2.05) is 12.1 Å². The number of hydrogen-bond donors (Lipinski definition) is 2. The molecule has 0 saturated carbocycles. The molecule has 1 aliphatic rings. The topological polar surface area (TPSA) is 87.3 Å². The number of benzene rings is 1. The van der Waals surface area contributed by atoms with Crippen molar-refractivity contribution in [2.24, 2.45) is 0 Å². The Balaban J connectivity index is 1.55. The van der Waals surface area contributed by atoms with E-state index in [2.05, 4.69) is 34.3 Å². The highest BCUT2D eigenvalue weighted by Crippen LogP contribution is 2.13. The van der Waals surface area contributed by atoms with Gasteiger partial charge in [-0.05, 0) is 19.9 Å². The van der Waals surface area contributed by atoms with Gasteiger partial charge in [-0.15, -0.1) is 0 Å². The van der Waals surface area contributed by atoms with Crippen LogP contribution in [0.1, 0.15) is 19.5 Å². The SMILES string of the molecule is C[C@@H]1CN(CCNC(=O)Cc2n[nH]c(=O)c3ccccc23)C[C@H](C)O1. The first kappa shape index (κ1) is 17.6. The summed E-state index contributed by atoms with van der Waals surface area (Å²) in [7, 11) is 0. The number of H-pyrrole nitrogens is 1. The second-order valence-corrected chi connectivity index (χ2v) is 6.59. The van der Waals surface area contributed by atoms with Crippen LogP contribution in [-0.4, -0.2) is 59.4 Å². The first-order valence-electron chi connectivity index (χ1n) is 8.63. The number of ether oxygens (including phenoxy) is 1. The molecule has 3 rings (SSSR count). The summed E-state index contributed by atoms with van der Waals surface area (Å²) in [5.74, 6) is -0.0981. The minimum Gasteiger partial charge on any atom is -0.373 e. The molecule has 1 fully saturated rings. The molecule has 1 aliphatic heterocycles. The number of nitrogens with zero attached hydrogens (tertiary/aromatic N) is 2. The molecule has 1 saturated heterocycles. The molecule has 25 heavy (non-hydrogen) atoms. The number of carbonyl (C=O) groups is 1. The zero-order valence-electron chi connectivity index (χ0n) is 14.6. The summed E-state index contributed by atoms with van der Waals surface area (Å²) in [6.07, 6.45) is 0.583. The van der Waals surface area contributed by atoms with E-state index in [9.17, 15) is 9.59 Å². The van der Waals surface area contributed by atoms with Crippen molar-refractivity contribution in [2.45, 2.75) is 32.5 Å². The van der Waals surface area contributed by atoms with Gasteiger partial charge >= 0.3 is 0 Å². The maximum atomic E-state index is 12.2. The Morgan fingerprint density at radius 3 is 2.68 bits per heavy atom. The maximum absolute atomic E-state index is 12.2. The van der Waals surface area contributed by atoms with Crippen LogP contribution in [0.4, 0.5) is 0 Å². The molecule has 0 aliphatic carbocycles. The van der Waals surface area contributed by atoms with Gasteiger partial charge in [-0.2, -0.15) is 5.10 Å². The second-order valence-electron chi connectivity index (χ2n) is 6.59. The van der Waals surface area contributed by atoms with Crippen LogP contribution in [0.5, 0.6) is 0 Å². The lowest BCUT2D eigenvalue weighted by Crippen LogP contribution is -2.48. The number of amides is 1. The van der Waals surface area contributed by atoms with Gasteiger partial charge in [-0.3, -0.25) is 14.5 Å². The molecule has 2 atom stereocenters. The third kappa shape index (κ3) is 4.43. The van der Waals surface area contributed by atoms with Gasteiger partial charge in [0.05, 0.1) is 29.7 Å². The Hall–Kier alpha value is -2.25. The number of nitrogens with one attached hydrogen (secondary N) is 2. The van der Waals surface area contributed by atoms with E-state index in [1.165, 1.54) is 0 Å². The Morgan fingerprint density at radius 1 is 1.28 bits per heavy atom. The normalized spacial score (nSPS) is 21.4. The Kier molecular flexibility index (Phi) is 5.45. The van der Waals surface area contributed by atoms with Crippen molar-refractivity contribution in [1.29, 1.82) is 0 Å². The van der Waals surface area contributed by atoms with E-state index in [4.69, 9.17) is 4.74 Å². The Labute approximate surface area is 146 Å². The van der Waals surface area contributed by atoms with Crippen molar-refractivity contribution < 1.29 is 9.53 Å². The molecule has 1 aromatic heterocycles. The van der Waals surface area contributed by atoms with E-state index in [0.717, 1.165) is 25.0 Å². The molecule has 2 N–H and O–H groups in total. The van der Waals surface area contributed by atoms with E-state index < -0.39 is 0 Å². The quantitative estimate of drug-likeness (QED) is 0.833. The summed E-state index contributed by atoms with van der Waals surface area (Å²) < 4.78 is 5.71. The van der Waals surface area contributed by atoms with Gasteiger partial charge in [0.1, 0.15) is 0 Å². The predicted molar refractivity (Wildman–Crippen MR) is 95.5 cm³/mol. The van der Waals surface area contributed by atoms with Gasteiger partial charge in [0.15, 0.2) is 0 Å². The molecule has 2 aromatic rings. The molecule has 0 unspecified atom stereocenters. The molecule has 0 bridgehead atoms. The molecule has 134 valence electrons. The first-order valence-corrected chi connectivity index (χ1v) is 8.63. The highest BCUT2D eigenvalue weighted by Gasteiger charge is 2.21. The molecule has 1 aromatic carbocycles. The average molecular weight is 344 g/mol. The summed E-state index contributed by atoms with van der Waals surface area (Å²) >= 11 is 0. The predicted octanol–water partition coefficient (Wildman–Crippen LogP) is 0.691. The summed E-state index contributed by atoms with van der Waals surface area (Å²) in [4.78, 5) is 26.3. The van der Waals surface area contributed by atoms with Crippen molar-refractivity contribution in [3.63, 3.8) is 0 Å². The van der Waals surface area contributed by atoms with Crippen molar-refractivity contribution in [1.82, 2.24) is 20.4 Å². The average Bonchev–Trinajstić information content (AvgIpc) is 2.57. The van der Waals surface area contributed by atoms with E-state index >= 15 is 0 Å². The number of fused-ring (bicyclic) bond motifs is 1. The van der Waals surface area contributed by atoms with Crippen molar-refractivity contribution in [2.75, 3.05) is 26.2 Å². The smallest absolute Gasteiger partial charge is 0.272 e. The van der Waals surface area contributed by atoms with Crippen molar-refractivity contribution in [3.8, 4) is 0 Å². The third-order valence-corrected chi connectivity index (χ3v) is 4.35. The molecule has 2 heterocycles. The van der Waals surface area contributed by atoms with Gasteiger partial charge < -0.3 is 10.1 Å². The van der Waals surface area contributed by atoms with Crippen LogP contribution in [0.3, 0.4) is 0 Å². The van der Waals surface area contributed by atoms with Crippen LogP contribution in [0.15, 0.2) is 29.1 Å². The number of aromatic nitrogens is 2. The number of aromatic amines is 1. The maximum Gasteiger partial charge on any atom is 0.272 e. The first-order chi connectivity index (χ1) is 12.0. The molecule has 1 amide bonds. The Bertz CT molecular complexity index is 794. The largest absolute Gasteiger partial charge is 0.373 e. The lowest BCUT2D eigenvalue weighted by molar-refractivity contribution is -0.120. The van der Waals surface area contributed by atoms with Crippen LogP contribution in [-0.2, 0) is 16.0 Å². The Morgan fingerprint density at radius 2 is 1.96 bits per heavy atom. The van der Waals surface area contributed by atoms with Gasteiger partial charge in [0.2, 0.25) is 5.91 Å². The lowest BCUT2D eigenvalue weighted by atomic mass is 10.1. The molecule has 7 heteroatoms. The number of rotatable bonds is 5. The molecule has 0 spiro atoms. The fourth-order valence-electron chi connectivity index (χ4n) is 3.34. The van der Waals surface area contributed by atoms with Crippen molar-refractivity contribution >= 4 is 16.7 Å². The lowest BCUT2D eigenvalue weighted by Gasteiger charge is -2.35. The molecule has 7 nitrogen and oxygen atoms in total. The zero-order chi connectivity index (χ0) is 17.8.